The van der Waals surface area contributed by atoms with E-state index in [9.17, 15) is 5.11 Å². The highest BCUT2D eigenvalue weighted by atomic mass is 16.5. The van der Waals surface area contributed by atoms with Gasteiger partial charge in [-0.3, -0.25) is 0 Å². The molecule has 0 bridgehead atoms. The molecule has 2 unspecified atom stereocenters. The predicted molar refractivity (Wildman–Crippen MR) is 65.7 cm³/mol. The Morgan fingerprint density at radius 2 is 2.41 bits per heavy atom. The van der Waals surface area contributed by atoms with E-state index in [1.807, 2.05) is 17.8 Å². The van der Waals surface area contributed by atoms with Crippen molar-refractivity contribution >= 4 is 0 Å². The number of imidazole rings is 1. The first-order valence-electron chi connectivity index (χ1n) is 6.30. The Balaban J connectivity index is 2.06. The van der Waals surface area contributed by atoms with Crippen LogP contribution in [0.5, 0.6) is 0 Å². The quantitative estimate of drug-likeness (QED) is 0.868. The minimum Gasteiger partial charge on any atom is -0.389 e. The lowest BCUT2D eigenvalue weighted by atomic mass is 9.84. The minimum absolute atomic E-state index is 0.161. The highest BCUT2D eigenvalue weighted by Crippen LogP contribution is 2.30. The summed E-state index contributed by atoms with van der Waals surface area (Å²) in [7, 11) is 1.96. The van der Waals surface area contributed by atoms with Gasteiger partial charge in [-0.05, 0) is 5.92 Å². The number of hydrogen-bond donors (Lipinski definition) is 1. The molecule has 2 heterocycles. The standard InChI is InChI=1S/C13H22N2O2/c1-10(2)11-8-13(16,4-7-17-11)9-12-14-5-6-15(12)3/h5-6,10-11,16H,4,7-9H2,1-3H3. The summed E-state index contributed by atoms with van der Waals surface area (Å²) < 4.78 is 7.67. The van der Waals surface area contributed by atoms with Gasteiger partial charge < -0.3 is 14.4 Å². The number of ether oxygens (including phenoxy) is 1. The molecule has 1 aromatic rings. The maximum absolute atomic E-state index is 10.7. The third-order valence-corrected chi connectivity index (χ3v) is 3.63. The van der Waals surface area contributed by atoms with Crippen LogP contribution >= 0.6 is 0 Å². The molecule has 0 aliphatic carbocycles. The van der Waals surface area contributed by atoms with Crippen molar-refractivity contribution < 1.29 is 9.84 Å². The Kier molecular flexibility index (Phi) is 3.54. The van der Waals surface area contributed by atoms with E-state index in [1.165, 1.54) is 0 Å². The molecule has 0 amide bonds. The van der Waals surface area contributed by atoms with Gasteiger partial charge in [-0.15, -0.1) is 0 Å². The summed E-state index contributed by atoms with van der Waals surface area (Å²) >= 11 is 0. The average molecular weight is 238 g/mol. The second-order valence-electron chi connectivity index (χ2n) is 5.46. The summed E-state index contributed by atoms with van der Waals surface area (Å²) in [6.45, 7) is 4.91. The van der Waals surface area contributed by atoms with E-state index in [1.54, 1.807) is 6.20 Å². The van der Waals surface area contributed by atoms with Crippen LogP contribution in [0, 0.1) is 5.92 Å². The number of aryl methyl sites for hydroxylation is 1. The Hall–Kier alpha value is -0.870. The molecule has 0 saturated carbocycles. The molecular weight excluding hydrogens is 216 g/mol. The molecule has 0 radical (unpaired) electrons. The third-order valence-electron chi connectivity index (χ3n) is 3.63. The fraction of sp³-hybridized carbons (Fsp3) is 0.769. The van der Waals surface area contributed by atoms with Gasteiger partial charge in [0.1, 0.15) is 5.82 Å². The number of nitrogens with zero attached hydrogens (tertiary/aromatic N) is 2. The maximum atomic E-state index is 10.7. The lowest BCUT2D eigenvalue weighted by molar-refractivity contribution is -0.117. The van der Waals surface area contributed by atoms with Crippen LogP contribution in [0.2, 0.25) is 0 Å². The van der Waals surface area contributed by atoms with E-state index >= 15 is 0 Å². The molecule has 1 aliphatic heterocycles. The first kappa shape index (κ1) is 12.6. The SMILES string of the molecule is CC(C)C1CC(O)(Cc2nccn2C)CCO1. The summed E-state index contributed by atoms with van der Waals surface area (Å²) in [5.74, 6) is 1.39. The van der Waals surface area contributed by atoms with Crippen LogP contribution in [-0.4, -0.2) is 33.0 Å². The molecule has 4 heteroatoms. The summed E-state index contributed by atoms with van der Waals surface area (Å²) in [6, 6.07) is 0. The van der Waals surface area contributed by atoms with E-state index in [2.05, 4.69) is 18.8 Å². The summed E-state index contributed by atoms with van der Waals surface area (Å²) in [5.41, 5.74) is -0.660. The zero-order chi connectivity index (χ0) is 12.5. The Morgan fingerprint density at radius 1 is 1.65 bits per heavy atom. The van der Waals surface area contributed by atoms with Crippen molar-refractivity contribution in [2.24, 2.45) is 13.0 Å². The molecule has 0 spiro atoms. The third kappa shape index (κ3) is 2.87. The second kappa shape index (κ2) is 4.78. The van der Waals surface area contributed by atoms with Gasteiger partial charge in [-0.2, -0.15) is 0 Å². The Morgan fingerprint density at radius 3 is 3.00 bits per heavy atom. The molecular formula is C13H22N2O2. The minimum atomic E-state index is -0.660. The molecule has 1 N–H and O–H groups in total. The van der Waals surface area contributed by atoms with Crippen molar-refractivity contribution in [2.75, 3.05) is 6.61 Å². The van der Waals surface area contributed by atoms with Gasteiger partial charge in [0.05, 0.1) is 11.7 Å². The first-order chi connectivity index (χ1) is 8.00. The van der Waals surface area contributed by atoms with Gasteiger partial charge in [-0.25, -0.2) is 4.98 Å². The van der Waals surface area contributed by atoms with Crippen molar-refractivity contribution in [1.82, 2.24) is 9.55 Å². The molecule has 1 saturated heterocycles. The average Bonchev–Trinajstić information content (AvgIpc) is 2.64. The topological polar surface area (TPSA) is 47.3 Å². The predicted octanol–water partition coefficient (Wildman–Crippen LogP) is 1.53. The van der Waals surface area contributed by atoms with Crippen molar-refractivity contribution in [1.29, 1.82) is 0 Å². The van der Waals surface area contributed by atoms with Gasteiger partial charge in [0.15, 0.2) is 0 Å². The van der Waals surface area contributed by atoms with Gasteiger partial charge in [0.25, 0.3) is 0 Å². The van der Waals surface area contributed by atoms with Crippen LogP contribution in [0.1, 0.15) is 32.5 Å². The highest BCUT2D eigenvalue weighted by Gasteiger charge is 2.37. The largest absolute Gasteiger partial charge is 0.389 e. The lowest BCUT2D eigenvalue weighted by Crippen LogP contribution is -2.44. The summed E-state index contributed by atoms with van der Waals surface area (Å²) in [4.78, 5) is 4.29. The van der Waals surface area contributed by atoms with Gasteiger partial charge in [0.2, 0.25) is 0 Å². The van der Waals surface area contributed by atoms with Crippen molar-refractivity contribution in [3.63, 3.8) is 0 Å². The molecule has 1 aromatic heterocycles. The lowest BCUT2D eigenvalue weighted by Gasteiger charge is -2.38. The molecule has 4 nitrogen and oxygen atoms in total. The summed E-state index contributed by atoms with van der Waals surface area (Å²) in [5, 5.41) is 10.7. The van der Waals surface area contributed by atoms with Crippen LogP contribution < -0.4 is 0 Å². The number of rotatable bonds is 3. The van der Waals surface area contributed by atoms with Gasteiger partial charge >= 0.3 is 0 Å². The zero-order valence-electron chi connectivity index (χ0n) is 10.9. The number of aromatic nitrogens is 2. The van der Waals surface area contributed by atoms with Crippen molar-refractivity contribution in [2.45, 2.75) is 44.8 Å². The molecule has 0 aromatic carbocycles. The number of aliphatic hydroxyl groups is 1. The first-order valence-corrected chi connectivity index (χ1v) is 6.30. The summed E-state index contributed by atoms with van der Waals surface area (Å²) in [6.07, 6.45) is 5.87. The smallest absolute Gasteiger partial charge is 0.111 e. The molecule has 17 heavy (non-hydrogen) atoms. The van der Waals surface area contributed by atoms with Crippen LogP contribution in [0.15, 0.2) is 12.4 Å². The molecule has 2 rings (SSSR count). The molecule has 1 aliphatic rings. The monoisotopic (exact) mass is 238 g/mol. The van der Waals surface area contributed by atoms with Crippen molar-refractivity contribution in [3.8, 4) is 0 Å². The number of hydrogen-bond acceptors (Lipinski definition) is 3. The van der Waals surface area contributed by atoms with Crippen LogP contribution in [0.25, 0.3) is 0 Å². The second-order valence-corrected chi connectivity index (χ2v) is 5.46. The fourth-order valence-electron chi connectivity index (χ4n) is 2.39. The van der Waals surface area contributed by atoms with E-state index in [4.69, 9.17) is 4.74 Å². The normalized spacial score (nSPS) is 29.8. The molecule has 2 atom stereocenters. The maximum Gasteiger partial charge on any atom is 0.111 e. The Labute approximate surface area is 103 Å². The van der Waals surface area contributed by atoms with Crippen LogP contribution in [-0.2, 0) is 18.2 Å². The highest BCUT2D eigenvalue weighted by molar-refractivity contribution is 5.00. The Bertz CT molecular complexity index is 375. The van der Waals surface area contributed by atoms with E-state index in [0.717, 1.165) is 5.82 Å². The fourth-order valence-corrected chi connectivity index (χ4v) is 2.39. The molecule has 96 valence electrons. The molecule has 1 fully saturated rings. The van der Waals surface area contributed by atoms with Crippen LogP contribution in [0.4, 0.5) is 0 Å². The van der Waals surface area contributed by atoms with E-state index in [0.29, 0.717) is 31.8 Å². The van der Waals surface area contributed by atoms with Gasteiger partial charge in [-0.1, -0.05) is 13.8 Å². The van der Waals surface area contributed by atoms with Crippen LogP contribution in [0.3, 0.4) is 0 Å². The van der Waals surface area contributed by atoms with Crippen molar-refractivity contribution in [3.05, 3.63) is 18.2 Å². The zero-order valence-corrected chi connectivity index (χ0v) is 10.9. The van der Waals surface area contributed by atoms with E-state index < -0.39 is 5.60 Å². The van der Waals surface area contributed by atoms with E-state index in [-0.39, 0.29) is 6.10 Å². The van der Waals surface area contributed by atoms with Gasteiger partial charge in [0, 0.05) is 45.3 Å².